The predicted octanol–water partition coefficient (Wildman–Crippen LogP) is 0.907. The molecule has 1 rings (SSSR count). The molecule has 0 radical (unpaired) electrons. The number of thioether (sulfide) groups is 1. The van der Waals surface area contributed by atoms with Crippen LogP contribution < -0.4 is 11.5 Å². The number of rotatable bonds is 4. The maximum absolute atomic E-state index is 7.53. The van der Waals surface area contributed by atoms with E-state index in [-0.39, 0.29) is 11.1 Å². The van der Waals surface area contributed by atoms with Gasteiger partial charge in [0.1, 0.15) is 0 Å². The van der Waals surface area contributed by atoms with Crippen molar-refractivity contribution in [3.8, 4) is 0 Å². The molecular weight excluding hydrogens is 236 g/mol. The number of hydrogen-bond acceptors (Lipinski definition) is 3. The number of aromatic nitrogens is 2. The molecule has 0 bridgehead atoms. The first-order valence-corrected chi connectivity index (χ1v) is 6.42. The Hall–Kier alpha value is -1.50. The first-order chi connectivity index (χ1) is 8.06. The van der Waals surface area contributed by atoms with E-state index < -0.39 is 0 Å². The molecular formula is C10H18N6S. The molecule has 94 valence electrons. The maximum Gasteiger partial charge on any atom is 0.193 e. The summed E-state index contributed by atoms with van der Waals surface area (Å²) in [5.74, 6) is 0.567. The topological polar surface area (TPSA) is 106 Å². The van der Waals surface area contributed by atoms with E-state index >= 15 is 0 Å². The highest BCUT2D eigenvalue weighted by molar-refractivity contribution is 8.13. The zero-order valence-electron chi connectivity index (χ0n) is 10.1. The van der Waals surface area contributed by atoms with E-state index in [1.165, 1.54) is 11.8 Å². The average Bonchev–Trinajstić information content (AvgIpc) is 2.67. The van der Waals surface area contributed by atoms with Gasteiger partial charge in [-0.2, -0.15) is 10.1 Å². The third-order valence-corrected chi connectivity index (χ3v) is 2.97. The van der Waals surface area contributed by atoms with Crippen LogP contribution in [0.1, 0.15) is 25.2 Å². The summed E-state index contributed by atoms with van der Waals surface area (Å²) in [7, 11) is 0. The molecule has 0 aliphatic carbocycles. The molecule has 0 saturated carbocycles. The molecule has 0 unspecified atom stereocenters. The van der Waals surface area contributed by atoms with Gasteiger partial charge in [-0.3, -0.25) is 10.1 Å². The minimum absolute atomic E-state index is 0.0826. The van der Waals surface area contributed by atoms with Crippen LogP contribution >= 0.6 is 11.8 Å². The van der Waals surface area contributed by atoms with Gasteiger partial charge < -0.3 is 11.5 Å². The SMILES string of the molecule is CCc1cc(CSC(=N)N=C(N)N)n(CC)n1. The van der Waals surface area contributed by atoms with E-state index in [1.807, 2.05) is 11.6 Å². The predicted molar refractivity (Wildman–Crippen MR) is 72.1 cm³/mol. The normalized spacial score (nSPS) is 10.2. The van der Waals surface area contributed by atoms with Gasteiger partial charge >= 0.3 is 0 Å². The van der Waals surface area contributed by atoms with E-state index in [2.05, 4.69) is 23.1 Å². The Morgan fingerprint density at radius 2 is 2.24 bits per heavy atom. The number of aliphatic imine (C=N–C) groups is 1. The second kappa shape index (κ2) is 6.29. The summed E-state index contributed by atoms with van der Waals surface area (Å²) in [6.45, 7) is 4.94. The van der Waals surface area contributed by atoms with Gasteiger partial charge in [-0.05, 0) is 19.4 Å². The number of nitrogens with two attached hydrogens (primary N) is 2. The molecule has 1 heterocycles. The van der Waals surface area contributed by atoms with Crippen LogP contribution in [0.5, 0.6) is 0 Å². The van der Waals surface area contributed by atoms with Crippen LogP contribution in [0.3, 0.4) is 0 Å². The second-order valence-electron chi connectivity index (χ2n) is 3.43. The maximum atomic E-state index is 7.53. The van der Waals surface area contributed by atoms with Gasteiger partial charge in [-0.15, -0.1) is 0 Å². The fourth-order valence-electron chi connectivity index (χ4n) is 1.37. The standard InChI is InChI=1S/C10H18N6S/c1-3-7-5-8(16(4-2)15-7)6-17-10(13)14-9(11)12/h5H,3-4,6H2,1-2H3,(H5,11,12,13,14). The quantitative estimate of drug-likeness (QED) is 0.548. The molecule has 0 saturated heterocycles. The molecule has 1 aromatic rings. The van der Waals surface area contributed by atoms with Crippen LogP contribution in [-0.2, 0) is 18.7 Å². The van der Waals surface area contributed by atoms with Gasteiger partial charge in [0.05, 0.1) is 5.69 Å². The highest BCUT2D eigenvalue weighted by Crippen LogP contribution is 2.15. The number of nitrogens with one attached hydrogen (secondary N) is 1. The molecule has 0 aromatic carbocycles. The molecule has 0 atom stereocenters. The van der Waals surface area contributed by atoms with Gasteiger partial charge in [-0.25, -0.2) is 0 Å². The number of amidine groups is 1. The summed E-state index contributed by atoms with van der Waals surface area (Å²) in [5, 5.41) is 12.1. The van der Waals surface area contributed by atoms with E-state index in [0.717, 1.165) is 24.4 Å². The number of aryl methyl sites for hydroxylation is 2. The van der Waals surface area contributed by atoms with Crippen molar-refractivity contribution in [2.24, 2.45) is 16.5 Å². The summed E-state index contributed by atoms with van der Waals surface area (Å²) < 4.78 is 1.94. The molecule has 1 aromatic heterocycles. The van der Waals surface area contributed by atoms with Crippen molar-refractivity contribution in [2.75, 3.05) is 0 Å². The smallest absolute Gasteiger partial charge is 0.193 e. The molecule has 0 spiro atoms. The highest BCUT2D eigenvalue weighted by Gasteiger charge is 2.07. The van der Waals surface area contributed by atoms with E-state index in [1.54, 1.807) is 0 Å². The molecule has 0 aliphatic heterocycles. The Balaban J connectivity index is 2.65. The van der Waals surface area contributed by atoms with Gasteiger partial charge in [0.2, 0.25) is 0 Å². The van der Waals surface area contributed by atoms with Crippen LogP contribution in [0.25, 0.3) is 0 Å². The van der Waals surface area contributed by atoms with Crippen LogP contribution in [0.15, 0.2) is 11.1 Å². The van der Waals surface area contributed by atoms with Gasteiger partial charge in [-0.1, -0.05) is 18.7 Å². The van der Waals surface area contributed by atoms with Gasteiger partial charge in [0, 0.05) is 18.0 Å². The third kappa shape index (κ3) is 4.10. The van der Waals surface area contributed by atoms with Crippen molar-refractivity contribution in [3.05, 3.63) is 17.5 Å². The summed E-state index contributed by atoms with van der Waals surface area (Å²) in [6.07, 6.45) is 0.913. The average molecular weight is 254 g/mol. The van der Waals surface area contributed by atoms with E-state index in [9.17, 15) is 0 Å². The monoisotopic (exact) mass is 254 g/mol. The van der Waals surface area contributed by atoms with Crippen LogP contribution in [0.4, 0.5) is 0 Å². The Morgan fingerprint density at radius 1 is 1.53 bits per heavy atom. The zero-order valence-corrected chi connectivity index (χ0v) is 10.9. The Bertz CT molecular complexity index is 418. The molecule has 0 aliphatic rings. The van der Waals surface area contributed by atoms with Crippen molar-refractivity contribution >= 4 is 22.9 Å². The molecule has 17 heavy (non-hydrogen) atoms. The number of hydrogen-bond donors (Lipinski definition) is 3. The van der Waals surface area contributed by atoms with Crippen LogP contribution in [0.2, 0.25) is 0 Å². The number of guanidine groups is 1. The summed E-state index contributed by atoms with van der Waals surface area (Å²) >= 11 is 1.29. The van der Waals surface area contributed by atoms with Crippen molar-refractivity contribution in [2.45, 2.75) is 32.6 Å². The Labute approximate surface area is 105 Å². The minimum Gasteiger partial charge on any atom is -0.370 e. The molecule has 0 fully saturated rings. The highest BCUT2D eigenvalue weighted by atomic mass is 32.2. The first kappa shape index (κ1) is 13.6. The summed E-state index contributed by atoms with van der Waals surface area (Å²) in [5.41, 5.74) is 12.6. The minimum atomic E-state index is -0.0826. The molecule has 7 heteroatoms. The largest absolute Gasteiger partial charge is 0.370 e. The van der Waals surface area contributed by atoms with Crippen molar-refractivity contribution in [1.82, 2.24) is 9.78 Å². The lowest BCUT2D eigenvalue weighted by atomic mass is 10.3. The molecule has 6 nitrogen and oxygen atoms in total. The lowest BCUT2D eigenvalue weighted by Gasteiger charge is -2.03. The third-order valence-electron chi connectivity index (χ3n) is 2.16. The lowest BCUT2D eigenvalue weighted by molar-refractivity contribution is 0.628. The van der Waals surface area contributed by atoms with E-state index in [4.69, 9.17) is 16.9 Å². The number of nitrogens with zero attached hydrogens (tertiary/aromatic N) is 3. The fraction of sp³-hybridized carbons (Fsp3) is 0.500. The zero-order chi connectivity index (χ0) is 12.8. The second-order valence-corrected chi connectivity index (χ2v) is 4.39. The Kier molecular flexibility index (Phi) is 5.02. The molecule has 5 N–H and O–H groups in total. The summed E-state index contributed by atoms with van der Waals surface area (Å²) in [6, 6.07) is 2.05. The molecule has 0 amide bonds. The first-order valence-electron chi connectivity index (χ1n) is 5.43. The van der Waals surface area contributed by atoms with Crippen LogP contribution in [-0.4, -0.2) is 20.9 Å². The fourth-order valence-corrected chi connectivity index (χ4v) is 2.06. The van der Waals surface area contributed by atoms with Crippen molar-refractivity contribution in [3.63, 3.8) is 0 Å². The van der Waals surface area contributed by atoms with Gasteiger partial charge in [0.25, 0.3) is 0 Å². The van der Waals surface area contributed by atoms with Crippen molar-refractivity contribution in [1.29, 1.82) is 5.41 Å². The lowest BCUT2D eigenvalue weighted by Crippen LogP contribution is -2.23. The van der Waals surface area contributed by atoms with Gasteiger partial charge in [0.15, 0.2) is 11.1 Å². The van der Waals surface area contributed by atoms with E-state index in [0.29, 0.717) is 5.75 Å². The van der Waals surface area contributed by atoms with Crippen molar-refractivity contribution < 1.29 is 0 Å². The van der Waals surface area contributed by atoms with Crippen LogP contribution in [0, 0.1) is 5.41 Å². The Morgan fingerprint density at radius 3 is 2.76 bits per heavy atom. The summed E-state index contributed by atoms with van der Waals surface area (Å²) in [4.78, 5) is 3.66.